The van der Waals surface area contributed by atoms with E-state index in [9.17, 15) is 43.8 Å². The minimum atomic E-state index is -1.44. The molecule has 0 bridgehead atoms. The fourth-order valence-electron chi connectivity index (χ4n) is 4.98. The molecular weight excluding hydrogens is 668 g/mol. The number of amides is 6. The molecule has 51 heavy (non-hydrogen) atoms. The number of aliphatic hydroxyl groups excluding tert-OH is 1. The number of carbonyl (C=O) groups is 7. The molecule has 0 aliphatic heterocycles. The number of primary amides is 1. The van der Waals surface area contributed by atoms with Crippen molar-refractivity contribution in [3.8, 4) is 0 Å². The molecule has 0 aromatic carbocycles. The predicted molar refractivity (Wildman–Crippen MR) is 189 cm³/mol. The van der Waals surface area contributed by atoms with Gasteiger partial charge in [0.25, 0.3) is 0 Å². The van der Waals surface area contributed by atoms with Crippen molar-refractivity contribution in [3.05, 3.63) is 0 Å². The highest BCUT2D eigenvalue weighted by Crippen LogP contribution is 2.11. The van der Waals surface area contributed by atoms with Crippen LogP contribution >= 0.6 is 0 Å². The first-order valence-corrected chi connectivity index (χ1v) is 17.6. The van der Waals surface area contributed by atoms with E-state index in [2.05, 4.69) is 26.6 Å². The van der Waals surface area contributed by atoms with Crippen molar-refractivity contribution in [1.29, 1.82) is 0 Å². The van der Waals surface area contributed by atoms with E-state index in [4.69, 9.17) is 28.7 Å². The number of aliphatic hydroxyl groups is 1. The Bertz CT molecular complexity index is 1110. The summed E-state index contributed by atoms with van der Waals surface area (Å²) in [5.74, 6) is -5.87. The fraction of sp³-hybridized carbons (Fsp3) is 0.781. The van der Waals surface area contributed by atoms with Crippen molar-refractivity contribution in [1.82, 2.24) is 26.6 Å². The Morgan fingerprint density at radius 1 is 0.549 bits per heavy atom. The number of carboxylic acid groups (broad SMARTS) is 1. The Morgan fingerprint density at radius 3 is 1.24 bits per heavy atom. The van der Waals surface area contributed by atoms with Crippen molar-refractivity contribution in [2.45, 2.75) is 127 Å². The number of unbranched alkanes of at least 4 members (excludes halogenated alkanes) is 3. The van der Waals surface area contributed by atoms with E-state index in [0.29, 0.717) is 58.2 Å². The lowest BCUT2D eigenvalue weighted by molar-refractivity contribution is -0.142. The van der Waals surface area contributed by atoms with E-state index >= 15 is 0 Å². The Labute approximate surface area is 299 Å². The average molecular weight is 731 g/mol. The molecule has 0 aromatic heterocycles. The smallest absolute Gasteiger partial charge is 0.326 e. The third-order valence-corrected chi connectivity index (χ3v) is 7.91. The van der Waals surface area contributed by atoms with Crippen LogP contribution in [0.25, 0.3) is 0 Å². The molecule has 19 heteroatoms. The maximum atomic E-state index is 13.7. The molecule has 0 aromatic rings. The molecule has 0 saturated carbocycles. The third kappa shape index (κ3) is 20.5. The predicted octanol–water partition coefficient (Wildman–Crippen LogP) is -3.49. The lowest BCUT2D eigenvalue weighted by Gasteiger charge is -2.28. The largest absolute Gasteiger partial charge is 0.480 e. The Morgan fingerprint density at radius 2 is 0.902 bits per heavy atom. The number of hydrogen-bond donors (Lipinski definition) is 12. The maximum Gasteiger partial charge on any atom is 0.326 e. The van der Waals surface area contributed by atoms with Gasteiger partial charge in [0.1, 0.15) is 36.3 Å². The monoisotopic (exact) mass is 730 g/mol. The molecule has 0 spiro atoms. The van der Waals surface area contributed by atoms with Crippen LogP contribution in [0, 0.1) is 5.92 Å². The van der Waals surface area contributed by atoms with Crippen LogP contribution in [0.4, 0.5) is 0 Å². The summed E-state index contributed by atoms with van der Waals surface area (Å²) in [4.78, 5) is 89.4. The number of nitrogens with two attached hydrogens (primary N) is 5. The number of carbonyl (C=O) groups excluding carboxylic acids is 6. The van der Waals surface area contributed by atoms with E-state index in [-0.39, 0.29) is 44.4 Å². The van der Waals surface area contributed by atoms with Gasteiger partial charge in [-0.3, -0.25) is 28.8 Å². The second-order valence-electron chi connectivity index (χ2n) is 12.9. The van der Waals surface area contributed by atoms with Crippen LogP contribution in [-0.2, 0) is 33.6 Å². The van der Waals surface area contributed by atoms with E-state index in [1.165, 1.54) is 0 Å². The van der Waals surface area contributed by atoms with E-state index in [0.717, 1.165) is 0 Å². The van der Waals surface area contributed by atoms with Gasteiger partial charge in [0.05, 0.1) is 6.61 Å². The van der Waals surface area contributed by atoms with Crippen LogP contribution in [0.2, 0.25) is 0 Å². The summed E-state index contributed by atoms with van der Waals surface area (Å²) >= 11 is 0. The van der Waals surface area contributed by atoms with Crippen LogP contribution in [0.15, 0.2) is 0 Å². The van der Waals surface area contributed by atoms with Gasteiger partial charge in [-0.2, -0.15) is 0 Å². The first-order valence-electron chi connectivity index (χ1n) is 17.6. The molecule has 17 N–H and O–H groups in total. The molecule has 0 unspecified atom stereocenters. The van der Waals surface area contributed by atoms with Gasteiger partial charge < -0.3 is 65.5 Å². The normalized spacial score (nSPS) is 14.7. The zero-order valence-electron chi connectivity index (χ0n) is 30.0. The zero-order chi connectivity index (χ0) is 38.9. The van der Waals surface area contributed by atoms with Gasteiger partial charge in [0.15, 0.2) is 0 Å². The summed E-state index contributed by atoms with van der Waals surface area (Å²) in [7, 11) is 0. The minimum absolute atomic E-state index is 0.0916. The molecule has 294 valence electrons. The van der Waals surface area contributed by atoms with Gasteiger partial charge in [-0.25, -0.2) is 4.79 Å². The molecule has 6 atom stereocenters. The van der Waals surface area contributed by atoms with Crippen LogP contribution in [-0.4, -0.2) is 114 Å². The molecule has 0 aliphatic carbocycles. The van der Waals surface area contributed by atoms with E-state index in [1.807, 2.05) is 13.8 Å². The molecule has 6 amide bonds. The number of carboxylic acids is 1. The molecule has 19 nitrogen and oxygen atoms in total. The van der Waals surface area contributed by atoms with Gasteiger partial charge in [-0.15, -0.1) is 0 Å². The maximum absolute atomic E-state index is 13.7. The standard InChI is InChI=1S/C32H62N10O9/c1-19(2)17-25(42-30(48)21(9-3-6-14-33)38-27(45)20(36)18-43)31(49)40-22(10-4-7-15-34)28(46)39-23(11-5-8-16-35)29(47)41-24(32(50)51)12-13-26(37)44/h19-25,43H,3-18,33-36H2,1-2H3,(H2,37,44)(H,38,45)(H,39,46)(H,40,49)(H,41,47)(H,42,48)(H,50,51)/t20-,21-,22-,23-,24-,25-/m0/s1. The average Bonchev–Trinajstić information content (AvgIpc) is 3.07. The quantitative estimate of drug-likeness (QED) is 0.0333. The highest BCUT2D eigenvalue weighted by Gasteiger charge is 2.33. The van der Waals surface area contributed by atoms with Crippen LogP contribution < -0.4 is 55.3 Å². The summed E-state index contributed by atoms with van der Waals surface area (Å²) in [6, 6.07) is -7.30. The second kappa shape index (κ2) is 26.8. The topological polar surface area (TPSA) is 350 Å². The van der Waals surface area contributed by atoms with Gasteiger partial charge in [0.2, 0.25) is 35.4 Å². The molecule has 0 heterocycles. The van der Waals surface area contributed by atoms with Crippen LogP contribution in [0.1, 0.15) is 90.9 Å². The van der Waals surface area contributed by atoms with Crippen molar-refractivity contribution in [3.63, 3.8) is 0 Å². The van der Waals surface area contributed by atoms with Gasteiger partial charge >= 0.3 is 5.97 Å². The first kappa shape index (κ1) is 47.1. The number of hydrogen-bond acceptors (Lipinski definition) is 12. The molecule has 0 radical (unpaired) electrons. The van der Waals surface area contributed by atoms with Gasteiger partial charge in [0, 0.05) is 6.42 Å². The lowest BCUT2D eigenvalue weighted by atomic mass is 10.00. The summed E-state index contributed by atoms with van der Waals surface area (Å²) in [5.41, 5.74) is 27.6. The SMILES string of the molecule is CC(C)C[C@H](NC(=O)[C@H](CCCCN)NC(=O)[C@@H](N)CO)C(=O)N[C@@H](CCCCN)C(=O)N[C@@H](CCCCN)C(=O)N[C@@H](CCC(N)=O)C(=O)O. The van der Waals surface area contributed by atoms with Gasteiger partial charge in [-0.05, 0) is 96.2 Å². The highest BCUT2D eigenvalue weighted by atomic mass is 16.4. The Kier molecular flexibility index (Phi) is 24.8. The number of nitrogens with one attached hydrogen (secondary N) is 5. The zero-order valence-corrected chi connectivity index (χ0v) is 30.0. The number of aliphatic carboxylic acids is 1. The minimum Gasteiger partial charge on any atom is -0.480 e. The van der Waals surface area contributed by atoms with E-state index < -0.39 is 84.3 Å². The van der Waals surface area contributed by atoms with Crippen molar-refractivity contribution >= 4 is 41.4 Å². The summed E-state index contributed by atoms with van der Waals surface area (Å²) in [6.07, 6.45) is 2.94. The Hall–Kier alpha value is -3.91. The first-order chi connectivity index (χ1) is 24.1. The molecule has 0 aliphatic rings. The van der Waals surface area contributed by atoms with E-state index in [1.54, 1.807) is 0 Å². The van der Waals surface area contributed by atoms with Crippen molar-refractivity contribution < 1.29 is 43.8 Å². The third-order valence-electron chi connectivity index (χ3n) is 7.91. The summed E-state index contributed by atoms with van der Waals surface area (Å²) < 4.78 is 0. The lowest BCUT2D eigenvalue weighted by Crippen LogP contribution is -2.59. The number of rotatable bonds is 29. The van der Waals surface area contributed by atoms with Crippen LogP contribution in [0.3, 0.4) is 0 Å². The summed E-state index contributed by atoms with van der Waals surface area (Å²) in [5, 5.41) is 31.7. The highest BCUT2D eigenvalue weighted by molar-refractivity contribution is 5.96. The second-order valence-corrected chi connectivity index (χ2v) is 12.9. The molecular formula is C32H62N10O9. The van der Waals surface area contributed by atoms with Crippen molar-refractivity contribution in [2.75, 3.05) is 26.2 Å². The molecule has 0 saturated heterocycles. The van der Waals surface area contributed by atoms with Crippen molar-refractivity contribution in [2.24, 2.45) is 34.6 Å². The molecule has 0 rings (SSSR count). The van der Waals surface area contributed by atoms with Gasteiger partial charge in [-0.1, -0.05) is 13.8 Å². The Balaban J connectivity index is 6.19. The molecule has 0 fully saturated rings. The fourth-order valence-corrected chi connectivity index (χ4v) is 4.98. The summed E-state index contributed by atoms with van der Waals surface area (Å²) in [6.45, 7) is 4.01. The van der Waals surface area contributed by atoms with Crippen LogP contribution in [0.5, 0.6) is 0 Å².